The van der Waals surface area contributed by atoms with Crippen molar-refractivity contribution in [1.82, 2.24) is 0 Å². The van der Waals surface area contributed by atoms with Gasteiger partial charge in [-0.05, 0) is 0 Å². The average Bonchev–Trinajstić information content (AvgIpc) is 2.99. The van der Waals surface area contributed by atoms with E-state index in [4.69, 9.17) is 0 Å². The van der Waals surface area contributed by atoms with E-state index in [0.29, 0.717) is 5.92 Å². The zero-order chi connectivity index (χ0) is 16.0. The molecular weight excluding hydrogens is 360 g/mol. The molecule has 0 heterocycles. The monoisotopic (exact) mass is 384 g/mol. The Bertz CT molecular complexity index is 758. The zero-order valence-corrected chi connectivity index (χ0v) is 18.1. The summed E-state index contributed by atoms with van der Waals surface area (Å²) in [6.45, 7) is 14.7. The van der Waals surface area contributed by atoms with Gasteiger partial charge in [0.05, 0.1) is 0 Å². The van der Waals surface area contributed by atoms with Crippen LogP contribution < -0.4 is 0 Å². The van der Waals surface area contributed by atoms with Crippen LogP contribution >= 0.6 is 0 Å². The van der Waals surface area contributed by atoms with Gasteiger partial charge in [-0.1, -0.05) is 0 Å². The molecule has 0 amide bonds. The van der Waals surface area contributed by atoms with Gasteiger partial charge in [0.25, 0.3) is 0 Å². The van der Waals surface area contributed by atoms with Crippen LogP contribution in [0.25, 0.3) is 6.08 Å². The van der Waals surface area contributed by atoms with E-state index in [1.807, 2.05) is 3.28 Å². The van der Waals surface area contributed by atoms with E-state index in [1.54, 1.807) is 22.3 Å². The summed E-state index contributed by atoms with van der Waals surface area (Å²) in [5, 5.41) is 0. The summed E-state index contributed by atoms with van der Waals surface area (Å²) < 4.78 is 2.69. The van der Waals surface area contributed by atoms with Gasteiger partial charge in [0.2, 0.25) is 0 Å². The van der Waals surface area contributed by atoms with E-state index in [1.165, 1.54) is 5.56 Å². The molecule has 0 aliphatic heterocycles. The maximum absolute atomic E-state index is 2.57. The maximum atomic E-state index is 2.57. The van der Waals surface area contributed by atoms with E-state index in [-0.39, 0.29) is 5.43 Å². The van der Waals surface area contributed by atoms with Gasteiger partial charge in [0.1, 0.15) is 0 Å². The summed E-state index contributed by atoms with van der Waals surface area (Å²) in [6.07, 6.45) is 4.93. The first-order valence-corrected chi connectivity index (χ1v) is 17.1. The molecule has 0 fully saturated rings. The van der Waals surface area contributed by atoms with Crippen LogP contribution in [0.2, 0.25) is 13.1 Å². The van der Waals surface area contributed by atoms with Gasteiger partial charge in [0, 0.05) is 0 Å². The number of hydrogen-bond acceptors (Lipinski definition) is 0. The second-order valence-corrected chi connectivity index (χ2v) is 24.4. The van der Waals surface area contributed by atoms with Gasteiger partial charge in [-0.25, -0.2) is 0 Å². The van der Waals surface area contributed by atoms with Crippen LogP contribution in [0.15, 0.2) is 50.3 Å². The van der Waals surface area contributed by atoms with Crippen molar-refractivity contribution in [1.29, 1.82) is 0 Å². The van der Waals surface area contributed by atoms with Crippen LogP contribution in [0.3, 0.4) is 0 Å². The number of rotatable bonds is 2. The molecule has 2 aliphatic carbocycles. The quantitative estimate of drug-likeness (QED) is 0.557. The van der Waals surface area contributed by atoms with Gasteiger partial charge < -0.3 is 0 Å². The van der Waals surface area contributed by atoms with E-state index in [9.17, 15) is 0 Å². The first-order chi connectivity index (χ1) is 10.4. The van der Waals surface area contributed by atoms with Crippen molar-refractivity contribution < 1.29 is 20.4 Å². The Morgan fingerprint density at radius 1 is 1.00 bits per heavy atom. The van der Waals surface area contributed by atoms with Crippen LogP contribution in [0.4, 0.5) is 0 Å². The number of benzene rings is 1. The Morgan fingerprint density at radius 2 is 1.68 bits per heavy atom. The minimum absolute atomic E-state index is 0.231. The van der Waals surface area contributed by atoms with E-state index in [2.05, 4.69) is 77.2 Å². The van der Waals surface area contributed by atoms with Crippen molar-refractivity contribution in [3.8, 4) is 0 Å². The summed E-state index contributed by atoms with van der Waals surface area (Å²) in [5.74, 6) is 0.704. The molecule has 0 aromatic heterocycles. The molecule has 2 unspecified atom stereocenters. The van der Waals surface area contributed by atoms with Gasteiger partial charge in [-0.3, -0.25) is 0 Å². The van der Waals surface area contributed by atoms with Crippen molar-refractivity contribution in [3.63, 3.8) is 0 Å². The fourth-order valence-corrected chi connectivity index (χ4v) is 23.7. The fraction of sp³-hybridized carbons (Fsp3) is 0.400. The summed E-state index contributed by atoms with van der Waals surface area (Å²) in [6, 6.07) is 9.08. The molecule has 0 saturated carbocycles. The molecule has 3 rings (SSSR count). The Balaban J connectivity index is 2.13. The minimum atomic E-state index is -1.69. The molecule has 2 aliphatic rings. The molecule has 0 saturated heterocycles. The molecule has 2 heteroatoms. The van der Waals surface area contributed by atoms with E-state index < -0.39 is 20.4 Å². The molecule has 0 spiro atoms. The molecule has 2 atom stereocenters. The van der Waals surface area contributed by atoms with Crippen molar-refractivity contribution in [3.05, 3.63) is 61.5 Å². The van der Waals surface area contributed by atoms with Crippen molar-refractivity contribution in [2.75, 3.05) is 0 Å². The number of hydrogen-bond donors (Lipinski definition) is 0. The van der Waals surface area contributed by atoms with E-state index in [0.717, 1.165) is 3.63 Å². The Hall–Kier alpha value is -0.460. The number of fused-ring (bicyclic) bond motifs is 1. The molecular formula is C20H26SiZr. The third-order valence-electron chi connectivity index (χ3n) is 5.58. The Morgan fingerprint density at radius 3 is 2.27 bits per heavy atom. The van der Waals surface area contributed by atoms with Gasteiger partial charge >= 0.3 is 144 Å². The molecule has 0 nitrogen and oxygen atoms in total. The Labute approximate surface area is 143 Å². The standard InChI is InChI=1S/C9H7.C9H13.C2H6Si.Zr/c1-2-5-9-7-3-6-8(9)4-1;1-6-5-7(2)9(4)8(6)3;1-3-2;/h1-7H;6H,1-4H3;1-2H3;. The first kappa shape index (κ1) is 16.4. The van der Waals surface area contributed by atoms with Gasteiger partial charge in [-0.15, -0.1) is 0 Å². The molecule has 0 radical (unpaired) electrons. The van der Waals surface area contributed by atoms with Gasteiger partial charge in [-0.2, -0.15) is 0 Å². The summed E-state index contributed by atoms with van der Waals surface area (Å²) in [4.78, 5) is 0. The van der Waals surface area contributed by atoms with Crippen LogP contribution in [0.1, 0.15) is 42.4 Å². The molecule has 1 aromatic rings. The summed E-state index contributed by atoms with van der Waals surface area (Å²) in [7, 11) is 0. The molecule has 22 heavy (non-hydrogen) atoms. The summed E-state index contributed by atoms with van der Waals surface area (Å²) >= 11 is -1.69. The first-order valence-electron chi connectivity index (χ1n) is 8.26. The third kappa shape index (κ3) is 2.53. The second kappa shape index (κ2) is 6.21. The van der Waals surface area contributed by atoms with Crippen LogP contribution in [-0.2, 0) is 20.4 Å². The topological polar surface area (TPSA) is 0 Å². The van der Waals surface area contributed by atoms with Crippen LogP contribution in [0.5, 0.6) is 0 Å². The molecule has 1 aromatic carbocycles. The molecule has 114 valence electrons. The zero-order valence-electron chi connectivity index (χ0n) is 14.6. The number of allylic oxidation sites excluding steroid dienone is 5. The van der Waals surface area contributed by atoms with Crippen molar-refractivity contribution in [2.45, 2.75) is 44.4 Å². The predicted molar refractivity (Wildman–Crippen MR) is 95.9 cm³/mol. The SMILES string of the molecule is CC1=C(C)C(C)[C]([Zr]([CH]2C=Cc3ccccc32)=[Si](C)C)=C1C. The van der Waals surface area contributed by atoms with Crippen molar-refractivity contribution >= 4 is 11.5 Å². The third-order valence-corrected chi connectivity index (χ3v) is 24.2. The molecule has 0 N–H and O–H groups in total. The second-order valence-electron chi connectivity index (χ2n) is 6.95. The normalized spacial score (nSPS) is 23.4. The summed E-state index contributed by atoms with van der Waals surface area (Å²) in [5.41, 5.74) is 7.73. The Kier molecular flexibility index (Phi) is 4.63. The predicted octanol–water partition coefficient (Wildman–Crippen LogP) is 5.88. The average molecular weight is 386 g/mol. The van der Waals surface area contributed by atoms with Crippen molar-refractivity contribution in [2.24, 2.45) is 5.92 Å². The fourth-order valence-electron chi connectivity index (χ4n) is 4.05. The van der Waals surface area contributed by atoms with Crippen LogP contribution in [0, 0.1) is 5.92 Å². The van der Waals surface area contributed by atoms with Gasteiger partial charge in [0.15, 0.2) is 0 Å². The molecule has 0 bridgehead atoms. The van der Waals surface area contributed by atoms with Crippen LogP contribution in [-0.4, -0.2) is 5.43 Å². The van der Waals surface area contributed by atoms with E-state index >= 15 is 0 Å².